The summed E-state index contributed by atoms with van der Waals surface area (Å²) in [6.07, 6.45) is 0. The molecule has 128 valence electrons. The molecule has 0 aliphatic heterocycles. The van der Waals surface area contributed by atoms with Crippen LogP contribution in [-0.2, 0) is 11.3 Å². The average Bonchev–Trinajstić information content (AvgIpc) is 2.61. The summed E-state index contributed by atoms with van der Waals surface area (Å²) in [6.45, 7) is 1.08. The third-order valence-corrected chi connectivity index (χ3v) is 4.62. The Morgan fingerprint density at radius 2 is 1.96 bits per heavy atom. The third-order valence-electron chi connectivity index (χ3n) is 3.17. The molecule has 0 heterocycles. The van der Waals surface area contributed by atoms with E-state index in [1.54, 1.807) is 18.9 Å². The first kappa shape index (κ1) is 18.7. The Morgan fingerprint density at radius 3 is 2.71 bits per heavy atom. The van der Waals surface area contributed by atoms with E-state index in [4.69, 9.17) is 9.47 Å². The molecule has 2 rings (SSSR count). The molecule has 0 bridgehead atoms. The maximum atomic E-state index is 11.8. The minimum absolute atomic E-state index is 0.0199. The summed E-state index contributed by atoms with van der Waals surface area (Å²) in [7, 11) is 1.63. The lowest BCUT2D eigenvalue weighted by Gasteiger charge is -2.08. The zero-order valence-corrected chi connectivity index (χ0v) is 15.9. The smallest absolute Gasteiger partial charge is 0.230 e. The van der Waals surface area contributed by atoms with Crippen LogP contribution < -0.4 is 14.8 Å². The van der Waals surface area contributed by atoms with E-state index in [0.717, 1.165) is 27.3 Å². The van der Waals surface area contributed by atoms with E-state index in [9.17, 15) is 4.79 Å². The van der Waals surface area contributed by atoms with E-state index < -0.39 is 0 Å². The van der Waals surface area contributed by atoms with Gasteiger partial charge >= 0.3 is 0 Å². The van der Waals surface area contributed by atoms with Crippen LogP contribution in [-0.4, -0.2) is 31.1 Å². The lowest BCUT2D eigenvalue weighted by molar-refractivity contribution is -0.118. The molecule has 2 aromatic carbocycles. The molecule has 0 saturated heterocycles. The Balaban J connectivity index is 1.58. The van der Waals surface area contributed by atoms with Gasteiger partial charge < -0.3 is 14.8 Å². The number of carbonyl (C=O) groups excluding carboxylic acids is 1. The van der Waals surface area contributed by atoms with E-state index in [-0.39, 0.29) is 5.91 Å². The van der Waals surface area contributed by atoms with E-state index in [1.807, 2.05) is 48.5 Å². The van der Waals surface area contributed by atoms with Crippen LogP contribution in [0.5, 0.6) is 11.5 Å². The normalized spacial score (nSPS) is 10.2. The fourth-order valence-electron chi connectivity index (χ4n) is 1.95. The molecule has 0 unspecified atom stereocenters. The zero-order valence-electron chi connectivity index (χ0n) is 13.5. The van der Waals surface area contributed by atoms with Gasteiger partial charge in [-0.2, -0.15) is 0 Å². The Bertz CT molecular complexity index is 649. The highest BCUT2D eigenvalue weighted by molar-refractivity contribution is 9.10. The van der Waals surface area contributed by atoms with Gasteiger partial charge in [0.15, 0.2) is 0 Å². The van der Waals surface area contributed by atoms with Crippen molar-refractivity contribution in [1.29, 1.82) is 0 Å². The number of hydrogen-bond donors (Lipinski definition) is 1. The summed E-state index contributed by atoms with van der Waals surface area (Å²) in [5, 5.41) is 2.90. The van der Waals surface area contributed by atoms with Gasteiger partial charge in [-0.05, 0) is 42.0 Å². The molecule has 6 heteroatoms. The van der Waals surface area contributed by atoms with Crippen molar-refractivity contribution < 1.29 is 14.3 Å². The van der Waals surface area contributed by atoms with Crippen molar-refractivity contribution in [3.63, 3.8) is 0 Å². The first-order valence-corrected chi connectivity index (χ1v) is 9.48. The largest absolute Gasteiger partial charge is 0.497 e. The van der Waals surface area contributed by atoms with Crippen molar-refractivity contribution in [3.8, 4) is 11.5 Å². The molecule has 0 aromatic heterocycles. The van der Waals surface area contributed by atoms with Gasteiger partial charge in [-0.25, -0.2) is 0 Å². The van der Waals surface area contributed by atoms with Gasteiger partial charge in [0, 0.05) is 16.8 Å². The molecule has 4 nitrogen and oxygen atoms in total. The second-order valence-electron chi connectivity index (χ2n) is 4.98. The number of carbonyl (C=O) groups is 1. The molecule has 0 aliphatic carbocycles. The molecule has 2 aromatic rings. The van der Waals surface area contributed by atoms with Gasteiger partial charge in [-0.3, -0.25) is 4.79 Å². The lowest BCUT2D eigenvalue weighted by Crippen LogP contribution is -2.25. The van der Waals surface area contributed by atoms with Gasteiger partial charge in [-0.1, -0.05) is 28.1 Å². The van der Waals surface area contributed by atoms with Crippen LogP contribution in [0.3, 0.4) is 0 Å². The predicted molar refractivity (Wildman–Crippen MR) is 102 cm³/mol. The number of nitrogens with one attached hydrogen (secondary N) is 1. The van der Waals surface area contributed by atoms with Gasteiger partial charge in [0.1, 0.15) is 11.5 Å². The van der Waals surface area contributed by atoms with Crippen molar-refractivity contribution in [2.75, 3.05) is 25.2 Å². The van der Waals surface area contributed by atoms with Crippen LogP contribution in [0.25, 0.3) is 0 Å². The SMILES string of the molecule is COc1cccc(CNC(=O)CSCCOc2ccc(Br)cc2)c1. The quantitative estimate of drug-likeness (QED) is 0.638. The third kappa shape index (κ3) is 6.84. The summed E-state index contributed by atoms with van der Waals surface area (Å²) in [6, 6.07) is 15.4. The highest BCUT2D eigenvalue weighted by Crippen LogP contribution is 2.16. The lowest BCUT2D eigenvalue weighted by atomic mass is 10.2. The van der Waals surface area contributed by atoms with Crippen molar-refractivity contribution >= 4 is 33.6 Å². The van der Waals surface area contributed by atoms with Crippen LogP contribution >= 0.6 is 27.7 Å². The number of halogens is 1. The average molecular weight is 410 g/mol. The van der Waals surface area contributed by atoms with E-state index >= 15 is 0 Å². The number of benzene rings is 2. The first-order valence-electron chi connectivity index (χ1n) is 7.53. The Morgan fingerprint density at radius 1 is 1.17 bits per heavy atom. The molecule has 0 radical (unpaired) electrons. The summed E-state index contributed by atoms with van der Waals surface area (Å²) in [5.41, 5.74) is 1.02. The Labute approximate surface area is 155 Å². The summed E-state index contributed by atoms with van der Waals surface area (Å²) < 4.78 is 11.8. The maximum absolute atomic E-state index is 11.8. The van der Waals surface area contributed by atoms with Crippen LogP contribution in [0.4, 0.5) is 0 Å². The first-order chi connectivity index (χ1) is 11.7. The molecule has 0 atom stereocenters. The summed E-state index contributed by atoms with van der Waals surface area (Å²) in [4.78, 5) is 11.8. The van der Waals surface area contributed by atoms with Crippen molar-refractivity contribution in [2.45, 2.75) is 6.54 Å². The number of thioether (sulfide) groups is 1. The second kappa shape index (κ2) is 10.3. The van der Waals surface area contributed by atoms with E-state index in [1.165, 1.54) is 0 Å². The van der Waals surface area contributed by atoms with E-state index in [2.05, 4.69) is 21.2 Å². The van der Waals surface area contributed by atoms with Crippen LogP contribution in [0.15, 0.2) is 53.0 Å². The van der Waals surface area contributed by atoms with Gasteiger partial charge in [-0.15, -0.1) is 11.8 Å². The minimum Gasteiger partial charge on any atom is -0.497 e. The van der Waals surface area contributed by atoms with Crippen molar-refractivity contribution in [1.82, 2.24) is 5.32 Å². The van der Waals surface area contributed by atoms with Crippen LogP contribution in [0.1, 0.15) is 5.56 Å². The standard InChI is InChI=1S/C18H20BrNO3S/c1-22-17-4-2-3-14(11-17)12-20-18(21)13-24-10-9-23-16-7-5-15(19)6-8-16/h2-8,11H,9-10,12-13H2,1H3,(H,20,21). The molecule has 0 saturated carbocycles. The van der Waals surface area contributed by atoms with Crippen LogP contribution in [0, 0.1) is 0 Å². The summed E-state index contributed by atoms with van der Waals surface area (Å²) >= 11 is 4.94. The minimum atomic E-state index is 0.0199. The molecule has 1 amide bonds. The summed E-state index contributed by atoms with van der Waals surface area (Å²) in [5.74, 6) is 2.84. The zero-order chi connectivity index (χ0) is 17.2. The molecule has 1 N–H and O–H groups in total. The fraction of sp³-hybridized carbons (Fsp3) is 0.278. The highest BCUT2D eigenvalue weighted by Gasteiger charge is 2.03. The van der Waals surface area contributed by atoms with Crippen LogP contribution in [0.2, 0.25) is 0 Å². The van der Waals surface area contributed by atoms with Crippen molar-refractivity contribution in [3.05, 3.63) is 58.6 Å². The number of ether oxygens (including phenoxy) is 2. The van der Waals surface area contributed by atoms with Crippen molar-refractivity contribution in [2.24, 2.45) is 0 Å². The number of hydrogen-bond acceptors (Lipinski definition) is 4. The number of rotatable bonds is 9. The van der Waals surface area contributed by atoms with Gasteiger partial charge in [0.25, 0.3) is 0 Å². The second-order valence-corrected chi connectivity index (χ2v) is 7.00. The fourth-order valence-corrected chi connectivity index (χ4v) is 2.85. The monoisotopic (exact) mass is 409 g/mol. The molecule has 0 spiro atoms. The topological polar surface area (TPSA) is 47.6 Å². The Kier molecular flexibility index (Phi) is 7.98. The number of methoxy groups -OCH3 is 1. The molecule has 0 aliphatic rings. The van der Waals surface area contributed by atoms with Gasteiger partial charge in [0.05, 0.1) is 19.5 Å². The van der Waals surface area contributed by atoms with E-state index in [0.29, 0.717) is 18.9 Å². The highest BCUT2D eigenvalue weighted by atomic mass is 79.9. The van der Waals surface area contributed by atoms with Gasteiger partial charge in [0.2, 0.25) is 5.91 Å². The maximum Gasteiger partial charge on any atom is 0.230 e. The molecule has 24 heavy (non-hydrogen) atoms. The predicted octanol–water partition coefficient (Wildman–Crippen LogP) is 3.89. The number of amides is 1. The Hall–Kier alpha value is -1.66. The molecular weight excluding hydrogens is 390 g/mol. The molecular formula is C18H20BrNO3S. The molecule has 0 fully saturated rings.